The van der Waals surface area contributed by atoms with Crippen molar-refractivity contribution in [2.75, 3.05) is 41.3 Å². The van der Waals surface area contributed by atoms with Crippen molar-refractivity contribution in [3.63, 3.8) is 0 Å². The van der Waals surface area contributed by atoms with Gasteiger partial charge in [0.25, 0.3) is 0 Å². The molecule has 0 saturated carbocycles. The molecule has 2 N–H and O–H groups in total. The maximum absolute atomic E-state index is 11.7. The van der Waals surface area contributed by atoms with Crippen LogP contribution < -0.4 is 10.6 Å². The molecule has 0 aromatic heterocycles. The van der Waals surface area contributed by atoms with E-state index in [0.29, 0.717) is 50.9 Å². The molecule has 0 spiro atoms. The number of carbonyl (C=O) groups is 2. The van der Waals surface area contributed by atoms with Gasteiger partial charge in [0.05, 0.1) is 0 Å². The molecule has 0 bridgehead atoms. The normalized spacial score (nSPS) is 12.4. The quantitative estimate of drug-likeness (QED) is 0.391. The van der Waals surface area contributed by atoms with Crippen molar-refractivity contribution in [3.05, 3.63) is 0 Å². The average Bonchev–Trinajstić information content (AvgIpc) is 2.65. The van der Waals surface area contributed by atoms with Crippen LogP contribution in [0, 0.1) is 23.7 Å². The lowest BCUT2D eigenvalue weighted by Crippen LogP contribution is -2.38. The minimum Gasteiger partial charge on any atom is -0.355 e. The summed E-state index contributed by atoms with van der Waals surface area (Å²) in [5.41, 5.74) is 0. The lowest BCUT2D eigenvalue weighted by atomic mass is 10.2. The second-order valence-corrected chi connectivity index (χ2v) is 7.54. The molecule has 0 rings (SSSR count). The molecule has 0 aromatic carbocycles. The fourth-order valence-electron chi connectivity index (χ4n) is 1.95. The van der Waals surface area contributed by atoms with Crippen molar-refractivity contribution >= 4 is 11.8 Å². The highest BCUT2D eigenvalue weighted by Gasteiger charge is 2.07. The number of rotatable bonds is 12. The number of likely N-dealkylation sites (N-methyl/N-ethyl adjacent to an activating group) is 2. The van der Waals surface area contributed by atoms with E-state index in [0.717, 1.165) is 12.8 Å². The SMILES string of the molecule is CC(CNC(=O)CCCC#CC#CCCCC(=O)NCC(C)N(C)C)N(C)C. The lowest BCUT2D eigenvalue weighted by Gasteiger charge is -2.19. The molecule has 0 saturated heterocycles. The van der Waals surface area contributed by atoms with Crippen LogP contribution in [-0.2, 0) is 9.59 Å². The molecule has 0 aliphatic heterocycles. The number of nitrogens with one attached hydrogen (secondary N) is 2. The average molecular weight is 391 g/mol. The maximum Gasteiger partial charge on any atom is 0.220 e. The molecule has 158 valence electrons. The zero-order valence-electron chi connectivity index (χ0n) is 18.5. The first-order valence-electron chi connectivity index (χ1n) is 10.1. The fourth-order valence-corrected chi connectivity index (χ4v) is 1.95. The maximum atomic E-state index is 11.7. The van der Waals surface area contributed by atoms with Gasteiger partial charge in [0.2, 0.25) is 11.8 Å². The minimum atomic E-state index is 0.0693. The first-order chi connectivity index (χ1) is 13.2. The van der Waals surface area contributed by atoms with Crippen molar-refractivity contribution in [1.82, 2.24) is 20.4 Å². The number of carbonyl (C=O) groups excluding carboxylic acids is 2. The molecule has 2 unspecified atom stereocenters. The van der Waals surface area contributed by atoms with Crippen LogP contribution in [0.3, 0.4) is 0 Å². The van der Waals surface area contributed by atoms with Gasteiger partial charge in [0, 0.05) is 50.9 Å². The molecule has 2 amide bonds. The monoisotopic (exact) mass is 390 g/mol. The summed E-state index contributed by atoms with van der Waals surface area (Å²) in [6, 6.07) is 0.651. The Kier molecular flexibility index (Phi) is 14.8. The largest absolute Gasteiger partial charge is 0.355 e. The first-order valence-corrected chi connectivity index (χ1v) is 10.1. The molecule has 6 nitrogen and oxygen atoms in total. The van der Waals surface area contributed by atoms with Crippen LogP contribution in [0.25, 0.3) is 0 Å². The lowest BCUT2D eigenvalue weighted by molar-refractivity contribution is -0.122. The number of unbranched alkanes of at least 4 members (excludes halogenated alkanes) is 2. The van der Waals surface area contributed by atoms with Gasteiger partial charge >= 0.3 is 0 Å². The van der Waals surface area contributed by atoms with E-state index in [-0.39, 0.29) is 11.8 Å². The van der Waals surface area contributed by atoms with E-state index in [2.05, 4.69) is 58.0 Å². The van der Waals surface area contributed by atoms with Crippen LogP contribution in [0.2, 0.25) is 0 Å². The molecule has 0 heterocycles. The third kappa shape index (κ3) is 15.1. The Morgan fingerprint density at radius 2 is 1.11 bits per heavy atom. The zero-order chi connectivity index (χ0) is 21.4. The minimum absolute atomic E-state index is 0.0693. The Balaban J connectivity index is 3.73. The molecule has 2 atom stereocenters. The van der Waals surface area contributed by atoms with E-state index in [1.165, 1.54) is 0 Å². The summed E-state index contributed by atoms with van der Waals surface area (Å²) >= 11 is 0. The summed E-state index contributed by atoms with van der Waals surface area (Å²) in [4.78, 5) is 27.6. The highest BCUT2D eigenvalue weighted by Crippen LogP contribution is 1.96. The van der Waals surface area contributed by atoms with Crippen LogP contribution in [0.4, 0.5) is 0 Å². The van der Waals surface area contributed by atoms with Gasteiger partial charge in [-0.2, -0.15) is 0 Å². The Morgan fingerprint density at radius 1 is 0.750 bits per heavy atom. The van der Waals surface area contributed by atoms with Gasteiger partial charge in [0.1, 0.15) is 0 Å². The van der Waals surface area contributed by atoms with E-state index < -0.39 is 0 Å². The molecule has 0 aromatic rings. The topological polar surface area (TPSA) is 64.7 Å². The second kappa shape index (κ2) is 16.0. The Bertz CT molecular complexity index is 527. The molecule has 0 fully saturated rings. The van der Waals surface area contributed by atoms with Crippen molar-refractivity contribution in [2.24, 2.45) is 0 Å². The van der Waals surface area contributed by atoms with Crippen molar-refractivity contribution in [1.29, 1.82) is 0 Å². The van der Waals surface area contributed by atoms with Gasteiger partial charge < -0.3 is 20.4 Å². The zero-order valence-corrected chi connectivity index (χ0v) is 18.5. The van der Waals surface area contributed by atoms with Crippen LogP contribution in [0.1, 0.15) is 52.4 Å². The summed E-state index contributed by atoms with van der Waals surface area (Å²) in [6.45, 7) is 5.47. The van der Waals surface area contributed by atoms with Gasteiger partial charge in [-0.3, -0.25) is 9.59 Å². The van der Waals surface area contributed by atoms with Gasteiger partial charge in [-0.05, 0) is 66.7 Å². The van der Waals surface area contributed by atoms with E-state index in [1.807, 2.05) is 28.2 Å². The predicted octanol–water partition coefficient (Wildman–Crippen LogP) is 1.47. The second-order valence-electron chi connectivity index (χ2n) is 7.54. The molecule has 0 aliphatic carbocycles. The fraction of sp³-hybridized carbons (Fsp3) is 0.727. The Hall–Kier alpha value is -2.02. The van der Waals surface area contributed by atoms with E-state index in [9.17, 15) is 9.59 Å². The summed E-state index contributed by atoms with van der Waals surface area (Å²) in [5, 5.41) is 5.85. The van der Waals surface area contributed by atoms with Crippen LogP contribution in [0.5, 0.6) is 0 Å². The molecule has 28 heavy (non-hydrogen) atoms. The highest BCUT2D eigenvalue weighted by atomic mass is 16.2. The summed E-state index contributed by atoms with van der Waals surface area (Å²) in [5.74, 6) is 11.7. The number of nitrogens with zero attached hydrogens (tertiary/aromatic N) is 2. The number of hydrogen-bond acceptors (Lipinski definition) is 4. The molecule has 0 aliphatic rings. The van der Waals surface area contributed by atoms with E-state index in [4.69, 9.17) is 0 Å². The third-order valence-electron chi connectivity index (χ3n) is 4.60. The first kappa shape index (κ1) is 26.0. The number of amides is 2. The van der Waals surface area contributed by atoms with Crippen molar-refractivity contribution in [3.8, 4) is 23.7 Å². The molecule has 6 heteroatoms. The highest BCUT2D eigenvalue weighted by molar-refractivity contribution is 5.76. The molecule has 0 radical (unpaired) electrons. The van der Waals surface area contributed by atoms with Crippen LogP contribution in [0.15, 0.2) is 0 Å². The van der Waals surface area contributed by atoms with Gasteiger partial charge in [-0.25, -0.2) is 0 Å². The van der Waals surface area contributed by atoms with Crippen molar-refractivity contribution in [2.45, 2.75) is 64.5 Å². The van der Waals surface area contributed by atoms with Gasteiger partial charge in [-0.15, -0.1) is 0 Å². The van der Waals surface area contributed by atoms with Crippen molar-refractivity contribution < 1.29 is 9.59 Å². The number of hydrogen-bond donors (Lipinski definition) is 2. The predicted molar refractivity (Wildman–Crippen MR) is 116 cm³/mol. The Labute approximate surface area is 171 Å². The summed E-state index contributed by atoms with van der Waals surface area (Å²) in [6.07, 6.45) is 3.79. The summed E-state index contributed by atoms with van der Waals surface area (Å²) in [7, 11) is 7.98. The van der Waals surface area contributed by atoms with E-state index in [1.54, 1.807) is 0 Å². The third-order valence-corrected chi connectivity index (χ3v) is 4.60. The summed E-state index contributed by atoms with van der Waals surface area (Å²) < 4.78 is 0. The van der Waals surface area contributed by atoms with E-state index >= 15 is 0 Å². The molecular weight excluding hydrogens is 352 g/mol. The van der Waals surface area contributed by atoms with Gasteiger partial charge in [-0.1, -0.05) is 11.8 Å². The standard InChI is InChI=1S/C22H38N4O2/c1-19(25(3)4)17-23-21(27)15-13-11-9-7-8-10-12-14-16-22(28)24-18-20(2)26(5)6/h19-20H,11-18H2,1-6H3,(H,23,27)(H,24,28). The smallest absolute Gasteiger partial charge is 0.220 e. The van der Waals surface area contributed by atoms with Crippen LogP contribution >= 0.6 is 0 Å². The van der Waals surface area contributed by atoms with Crippen LogP contribution in [-0.4, -0.2) is 75.0 Å². The van der Waals surface area contributed by atoms with Gasteiger partial charge in [0.15, 0.2) is 0 Å². The molecular formula is C22H38N4O2. The Morgan fingerprint density at radius 3 is 1.43 bits per heavy atom.